The van der Waals surface area contributed by atoms with Gasteiger partial charge in [-0.25, -0.2) is 0 Å². The third kappa shape index (κ3) is 5.81. The van der Waals surface area contributed by atoms with Crippen LogP contribution in [0.3, 0.4) is 0 Å². The largest absolute Gasteiger partial charge is 0.534 e. The lowest BCUT2D eigenvalue weighted by Crippen LogP contribution is -2.27. The second-order valence-corrected chi connectivity index (χ2v) is 7.13. The van der Waals surface area contributed by atoms with Gasteiger partial charge in [0.15, 0.2) is 5.78 Å². The molecule has 0 aliphatic heterocycles. The Morgan fingerprint density at radius 2 is 1.92 bits per heavy atom. The molecule has 1 aliphatic rings. The van der Waals surface area contributed by atoms with Crippen LogP contribution in [0.4, 0.5) is 13.2 Å². The van der Waals surface area contributed by atoms with E-state index in [0.717, 1.165) is 18.4 Å². The highest BCUT2D eigenvalue weighted by Crippen LogP contribution is 2.33. The van der Waals surface area contributed by atoms with Gasteiger partial charge in [-0.2, -0.15) is 21.6 Å². The summed E-state index contributed by atoms with van der Waals surface area (Å²) in [6.45, 7) is 7.47. The maximum Gasteiger partial charge on any atom is 0.534 e. The normalized spacial score (nSPS) is 16.2. The average Bonchev–Trinajstić information content (AvgIpc) is 2.45. The highest BCUT2D eigenvalue weighted by atomic mass is 32.2. The summed E-state index contributed by atoms with van der Waals surface area (Å²) in [4.78, 5) is 12.0. The first-order valence-corrected chi connectivity index (χ1v) is 9.03. The fourth-order valence-electron chi connectivity index (χ4n) is 2.34. The Balaban J connectivity index is 2.84. The van der Waals surface area contributed by atoms with Crippen molar-refractivity contribution < 1.29 is 30.6 Å². The zero-order valence-electron chi connectivity index (χ0n) is 13.3. The third-order valence-electron chi connectivity index (χ3n) is 3.64. The molecule has 0 saturated heterocycles. The van der Waals surface area contributed by atoms with Crippen LogP contribution in [0.2, 0.25) is 0 Å². The zero-order valence-corrected chi connectivity index (χ0v) is 14.1. The standard InChI is InChI=1S/C16H21F3O4S/c1-3-4-5-7-12(2)10-11-13-14(20)8-6-9-15(13)23-24(21,22)16(17,18)19/h3H,1-2,4-11H2. The Bertz CT molecular complexity index is 630. The number of hydrogen-bond donors (Lipinski definition) is 0. The molecule has 0 heterocycles. The fraction of sp³-hybridized carbons (Fsp3) is 0.562. The molecule has 0 saturated carbocycles. The molecule has 0 N–H and O–H groups in total. The van der Waals surface area contributed by atoms with E-state index in [2.05, 4.69) is 17.3 Å². The Morgan fingerprint density at radius 1 is 1.25 bits per heavy atom. The van der Waals surface area contributed by atoms with E-state index in [4.69, 9.17) is 0 Å². The summed E-state index contributed by atoms with van der Waals surface area (Å²) in [5.74, 6) is -0.755. The van der Waals surface area contributed by atoms with Crippen LogP contribution in [-0.2, 0) is 19.1 Å². The minimum atomic E-state index is -5.75. The molecule has 0 atom stereocenters. The van der Waals surface area contributed by atoms with Gasteiger partial charge in [0.1, 0.15) is 5.76 Å². The predicted octanol–water partition coefficient (Wildman–Crippen LogP) is 4.55. The van der Waals surface area contributed by atoms with E-state index in [0.29, 0.717) is 12.8 Å². The lowest BCUT2D eigenvalue weighted by molar-refractivity contribution is -0.116. The van der Waals surface area contributed by atoms with Gasteiger partial charge in [-0.1, -0.05) is 18.2 Å². The number of Topliss-reactive ketones (excluding diaryl/α,β-unsaturated/α-hetero) is 1. The summed E-state index contributed by atoms with van der Waals surface area (Å²) in [5, 5.41) is 0. The highest BCUT2D eigenvalue weighted by molar-refractivity contribution is 7.87. The predicted molar refractivity (Wildman–Crippen MR) is 84.4 cm³/mol. The number of unbranched alkanes of at least 4 members (excludes halogenated alkanes) is 1. The molecule has 0 bridgehead atoms. The van der Waals surface area contributed by atoms with Crippen molar-refractivity contribution in [3.63, 3.8) is 0 Å². The van der Waals surface area contributed by atoms with Gasteiger partial charge in [-0.3, -0.25) is 4.79 Å². The smallest absolute Gasteiger partial charge is 0.380 e. The van der Waals surface area contributed by atoms with Crippen molar-refractivity contribution in [2.24, 2.45) is 0 Å². The van der Waals surface area contributed by atoms with Gasteiger partial charge in [0.05, 0.1) is 0 Å². The van der Waals surface area contributed by atoms with Crippen LogP contribution >= 0.6 is 0 Å². The van der Waals surface area contributed by atoms with Crippen molar-refractivity contribution in [3.05, 3.63) is 36.1 Å². The molecule has 0 aromatic heterocycles. The lowest BCUT2D eigenvalue weighted by atomic mass is 9.91. The van der Waals surface area contributed by atoms with E-state index in [-0.39, 0.29) is 42.8 Å². The van der Waals surface area contributed by atoms with Gasteiger partial charge in [0.2, 0.25) is 0 Å². The van der Waals surface area contributed by atoms with Gasteiger partial charge in [0.25, 0.3) is 0 Å². The average molecular weight is 366 g/mol. The van der Waals surface area contributed by atoms with E-state index in [9.17, 15) is 26.4 Å². The van der Waals surface area contributed by atoms with E-state index in [1.54, 1.807) is 6.08 Å². The van der Waals surface area contributed by atoms with Gasteiger partial charge in [0, 0.05) is 18.4 Å². The van der Waals surface area contributed by atoms with E-state index < -0.39 is 15.6 Å². The van der Waals surface area contributed by atoms with Crippen molar-refractivity contribution >= 4 is 15.9 Å². The zero-order chi connectivity index (χ0) is 18.4. The van der Waals surface area contributed by atoms with E-state index in [1.165, 1.54) is 0 Å². The topological polar surface area (TPSA) is 60.4 Å². The maximum atomic E-state index is 12.5. The summed E-state index contributed by atoms with van der Waals surface area (Å²) >= 11 is 0. The quantitative estimate of drug-likeness (QED) is 0.260. The number of ketones is 1. The molecule has 24 heavy (non-hydrogen) atoms. The number of carbonyl (C=O) groups excluding carboxylic acids is 1. The number of carbonyl (C=O) groups is 1. The van der Waals surface area contributed by atoms with Crippen molar-refractivity contribution in [3.8, 4) is 0 Å². The van der Waals surface area contributed by atoms with Crippen LogP contribution in [-0.4, -0.2) is 19.7 Å². The van der Waals surface area contributed by atoms with Crippen LogP contribution in [0.1, 0.15) is 51.4 Å². The van der Waals surface area contributed by atoms with Gasteiger partial charge >= 0.3 is 15.6 Å². The van der Waals surface area contributed by atoms with Crippen LogP contribution in [0.25, 0.3) is 0 Å². The molecule has 0 spiro atoms. The minimum absolute atomic E-state index is 0.000671. The van der Waals surface area contributed by atoms with E-state index >= 15 is 0 Å². The molecular weight excluding hydrogens is 345 g/mol. The van der Waals surface area contributed by atoms with Crippen molar-refractivity contribution in [1.29, 1.82) is 0 Å². The number of alkyl halides is 3. The second-order valence-electron chi connectivity index (χ2n) is 5.59. The molecule has 0 aromatic carbocycles. The maximum absolute atomic E-state index is 12.5. The fourth-order valence-corrected chi connectivity index (χ4v) is 2.88. The van der Waals surface area contributed by atoms with Gasteiger partial charge in [-0.05, 0) is 38.5 Å². The first-order chi connectivity index (χ1) is 11.1. The number of hydrogen-bond acceptors (Lipinski definition) is 4. The number of allylic oxidation sites excluding steroid dienone is 4. The first kappa shape index (κ1) is 20.5. The summed E-state index contributed by atoms with van der Waals surface area (Å²) < 4.78 is 63.9. The molecule has 0 fully saturated rings. The summed E-state index contributed by atoms with van der Waals surface area (Å²) in [7, 11) is -5.75. The first-order valence-electron chi connectivity index (χ1n) is 7.62. The third-order valence-corrected chi connectivity index (χ3v) is 4.63. The molecule has 0 amide bonds. The highest BCUT2D eigenvalue weighted by Gasteiger charge is 2.49. The van der Waals surface area contributed by atoms with Crippen LogP contribution in [0.5, 0.6) is 0 Å². The molecule has 4 nitrogen and oxygen atoms in total. The van der Waals surface area contributed by atoms with Crippen molar-refractivity contribution in [2.45, 2.75) is 56.9 Å². The SMILES string of the molecule is C=CCCCC(=C)CCC1=C(OS(=O)(=O)C(F)(F)F)CCCC1=O. The van der Waals surface area contributed by atoms with E-state index in [1.807, 2.05) is 0 Å². The molecule has 8 heteroatoms. The van der Waals surface area contributed by atoms with Crippen LogP contribution in [0, 0.1) is 0 Å². The molecule has 0 aromatic rings. The van der Waals surface area contributed by atoms with Gasteiger partial charge in [-0.15, -0.1) is 6.58 Å². The number of halogens is 3. The molecular formula is C16H21F3O4S. The second kappa shape index (κ2) is 8.50. The minimum Gasteiger partial charge on any atom is -0.380 e. The Hall–Kier alpha value is -1.57. The molecule has 1 aliphatic carbocycles. The van der Waals surface area contributed by atoms with Crippen LogP contribution < -0.4 is 0 Å². The molecule has 0 radical (unpaired) electrons. The van der Waals surface area contributed by atoms with Crippen LogP contribution in [0.15, 0.2) is 36.1 Å². The summed E-state index contributed by atoms with van der Waals surface area (Å²) in [6, 6.07) is 0. The van der Waals surface area contributed by atoms with Gasteiger partial charge < -0.3 is 4.18 Å². The Labute approximate surface area is 140 Å². The Kier molecular flexibility index (Phi) is 7.26. The molecule has 1 rings (SSSR count). The summed E-state index contributed by atoms with van der Waals surface area (Å²) in [5.41, 5.74) is -4.64. The summed E-state index contributed by atoms with van der Waals surface area (Å²) in [6.07, 6.45) is 5.13. The monoisotopic (exact) mass is 366 g/mol. The Morgan fingerprint density at radius 3 is 2.50 bits per heavy atom. The lowest BCUT2D eigenvalue weighted by Gasteiger charge is -2.20. The van der Waals surface area contributed by atoms with Crippen molar-refractivity contribution in [1.82, 2.24) is 0 Å². The molecule has 0 unspecified atom stereocenters. The van der Waals surface area contributed by atoms with Crippen molar-refractivity contribution in [2.75, 3.05) is 0 Å². The number of rotatable bonds is 9. The molecule has 136 valence electrons.